The van der Waals surface area contributed by atoms with Gasteiger partial charge in [-0.3, -0.25) is 4.79 Å². The molecule has 0 bridgehead atoms. The fourth-order valence-corrected chi connectivity index (χ4v) is 1.60. The molecule has 1 atom stereocenters. The highest BCUT2D eigenvalue weighted by Crippen LogP contribution is 2.24. The van der Waals surface area contributed by atoms with Gasteiger partial charge in [0.15, 0.2) is 5.78 Å². The van der Waals surface area contributed by atoms with Crippen molar-refractivity contribution in [3.05, 3.63) is 33.8 Å². The van der Waals surface area contributed by atoms with Crippen LogP contribution in [0.2, 0.25) is 10.0 Å². The molecule has 0 heterocycles. The molecule has 64 valence electrons. The molecule has 0 aliphatic heterocycles. The van der Waals surface area contributed by atoms with E-state index in [0.717, 1.165) is 0 Å². The van der Waals surface area contributed by atoms with Crippen molar-refractivity contribution in [2.45, 2.75) is 0 Å². The zero-order chi connectivity index (χ0) is 10.0. The molecule has 1 nitrogen and oxygen atoms in total. The second-order valence-corrected chi connectivity index (χ2v) is 3.34. The summed E-state index contributed by atoms with van der Waals surface area (Å²) in [5.74, 6) is -0.435. The van der Waals surface area contributed by atoms with Crippen molar-refractivity contribution in [3.8, 4) is 0 Å². The molecule has 4 heteroatoms. The summed E-state index contributed by atoms with van der Waals surface area (Å²) < 4.78 is 7.16. The van der Waals surface area contributed by atoms with Gasteiger partial charge in [-0.2, -0.15) is 0 Å². The van der Waals surface area contributed by atoms with E-state index in [4.69, 9.17) is 24.6 Å². The molecule has 0 saturated carbocycles. The molecule has 0 N–H and O–H groups in total. The summed E-state index contributed by atoms with van der Waals surface area (Å²) in [5, 5.41) is -0.478. The number of carbonyl (C=O) groups is 1. The van der Waals surface area contributed by atoms with Gasteiger partial charge < -0.3 is 0 Å². The fraction of sp³-hybridized carbons (Fsp3) is 0.125. The Labute approximate surface area is 90.2 Å². The van der Waals surface area contributed by atoms with E-state index in [2.05, 4.69) is 15.9 Å². The Balaban J connectivity index is 3.20. The number of halogens is 3. The summed E-state index contributed by atoms with van der Waals surface area (Å²) in [5.41, 5.74) is 0.197. The van der Waals surface area contributed by atoms with Gasteiger partial charge in [0, 0.05) is 1.37 Å². The molecule has 0 aliphatic carbocycles. The van der Waals surface area contributed by atoms with E-state index in [1.165, 1.54) is 0 Å². The third-order valence-corrected chi connectivity index (χ3v) is 2.35. The van der Waals surface area contributed by atoms with E-state index in [0.29, 0.717) is 0 Å². The van der Waals surface area contributed by atoms with Gasteiger partial charge in [-0.05, 0) is 12.1 Å². The third-order valence-electron chi connectivity index (χ3n) is 1.31. The van der Waals surface area contributed by atoms with Crippen LogP contribution >= 0.6 is 39.1 Å². The van der Waals surface area contributed by atoms with Gasteiger partial charge in [0.2, 0.25) is 0 Å². The normalized spacial score (nSPS) is 13.8. The van der Waals surface area contributed by atoms with E-state index in [-0.39, 0.29) is 15.6 Å². The minimum absolute atomic E-state index is 0.197. The Morgan fingerprint density at radius 2 is 2.00 bits per heavy atom. The number of Topliss-reactive ketones (excluding diaryl/α,β-unsaturated/α-hetero) is 1. The van der Waals surface area contributed by atoms with Crippen molar-refractivity contribution < 1.29 is 6.17 Å². The van der Waals surface area contributed by atoms with E-state index in [1.807, 2.05) is 0 Å². The predicted octanol–water partition coefficient (Wildman–Crippen LogP) is 3.57. The number of hydrogen-bond acceptors (Lipinski definition) is 1. The lowest BCUT2D eigenvalue weighted by Crippen LogP contribution is -2.01. The largest absolute Gasteiger partial charge is 0.293 e. The fourth-order valence-electron chi connectivity index (χ4n) is 0.788. The van der Waals surface area contributed by atoms with Crippen molar-refractivity contribution in [1.82, 2.24) is 0 Å². The van der Waals surface area contributed by atoms with Crippen molar-refractivity contribution in [3.63, 3.8) is 0 Å². The zero-order valence-electron chi connectivity index (χ0n) is 6.85. The standard InChI is InChI=1S/C8H5BrCl2O/c9-4-7(12)8-5(10)2-1-3-6(8)11/h1-3H,4H2/i4D. The maximum absolute atomic E-state index is 11.4. The number of ketones is 1. The van der Waals surface area contributed by atoms with Crippen molar-refractivity contribution >= 4 is 44.9 Å². The Morgan fingerprint density at radius 1 is 1.50 bits per heavy atom. The van der Waals surface area contributed by atoms with Gasteiger partial charge in [0.25, 0.3) is 0 Å². The lowest BCUT2D eigenvalue weighted by Gasteiger charge is -2.02. The van der Waals surface area contributed by atoms with Crippen LogP contribution < -0.4 is 0 Å². The van der Waals surface area contributed by atoms with E-state index in [9.17, 15) is 4.79 Å². The molecule has 12 heavy (non-hydrogen) atoms. The molecule has 0 amide bonds. The smallest absolute Gasteiger partial charge is 0.176 e. The molecule has 1 unspecified atom stereocenters. The van der Waals surface area contributed by atoms with Crippen molar-refractivity contribution in [2.24, 2.45) is 0 Å². The van der Waals surface area contributed by atoms with Crippen LogP contribution in [0.3, 0.4) is 0 Å². The zero-order valence-corrected chi connectivity index (χ0v) is 8.95. The van der Waals surface area contributed by atoms with E-state index < -0.39 is 11.1 Å². The molecule has 1 aromatic rings. The Bertz CT molecular complexity index is 321. The average molecular weight is 269 g/mol. The minimum Gasteiger partial charge on any atom is -0.293 e. The SMILES string of the molecule is [2H]C(Br)C(=O)c1c(Cl)cccc1Cl. The molecule has 0 aromatic heterocycles. The van der Waals surface area contributed by atoms with E-state index in [1.54, 1.807) is 18.2 Å². The van der Waals surface area contributed by atoms with Crippen LogP contribution in [0.15, 0.2) is 18.2 Å². The molecule has 0 aliphatic rings. The number of rotatable bonds is 2. The first-order chi connectivity index (χ1) is 6.04. The summed E-state index contributed by atoms with van der Waals surface area (Å²) in [7, 11) is 0. The molecule has 0 saturated heterocycles. The third kappa shape index (κ3) is 2.00. The van der Waals surface area contributed by atoms with Gasteiger partial charge in [-0.1, -0.05) is 45.2 Å². The number of carbonyl (C=O) groups excluding carboxylic acids is 1. The molecule has 1 rings (SSSR count). The number of hydrogen-bond donors (Lipinski definition) is 0. The summed E-state index contributed by atoms with van der Waals surface area (Å²) >= 11 is 14.4. The topological polar surface area (TPSA) is 17.1 Å². The summed E-state index contributed by atoms with van der Waals surface area (Å²) in [6, 6.07) is 4.78. The molecule has 0 radical (unpaired) electrons. The van der Waals surface area contributed by atoms with Gasteiger partial charge in [-0.25, -0.2) is 0 Å². The first-order valence-electron chi connectivity index (χ1n) is 3.66. The van der Waals surface area contributed by atoms with Crippen LogP contribution in [0, 0.1) is 0 Å². The van der Waals surface area contributed by atoms with Gasteiger partial charge in [-0.15, -0.1) is 0 Å². The van der Waals surface area contributed by atoms with Crippen LogP contribution in [0.4, 0.5) is 0 Å². The van der Waals surface area contributed by atoms with Crippen molar-refractivity contribution in [1.29, 1.82) is 0 Å². The van der Waals surface area contributed by atoms with Crippen LogP contribution in [0.5, 0.6) is 0 Å². The van der Waals surface area contributed by atoms with Gasteiger partial charge >= 0.3 is 0 Å². The second-order valence-electron chi connectivity index (χ2n) is 2.07. The van der Waals surface area contributed by atoms with Crippen LogP contribution in [0.25, 0.3) is 0 Å². The molecular weight excluding hydrogens is 263 g/mol. The van der Waals surface area contributed by atoms with Crippen LogP contribution in [0.1, 0.15) is 11.7 Å². The molecular formula is C8H5BrCl2O. The lowest BCUT2D eigenvalue weighted by molar-refractivity contribution is 0.102. The number of alkyl halides is 1. The molecule has 1 aromatic carbocycles. The van der Waals surface area contributed by atoms with Crippen molar-refractivity contribution in [2.75, 3.05) is 5.31 Å². The Hall–Kier alpha value is -0.0500. The van der Waals surface area contributed by atoms with Crippen LogP contribution in [-0.2, 0) is 0 Å². The maximum atomic E-state index is 11.4. The predicted molar refractivity (Wildman–Crippen MR) is 54.6 cm³/mol. The average Bonchev–Trinajstić information content (AvgIpc) is 2.03. The summed E-state index contributed by atoms with van der Waals surface area (Å²) in [6.07, 6.45) is 0. The Morgan fingerprint density at radius 3 is 2.42 bits per heavy atom. The highest BCUT2D eigenvalue weighted by molar-refractivity contribution is 9.09. The monoisotopic (exact) mass is 267 g/mol. The maximum Gasteiger partial charge on any atom is 0.176 e. The minimum atomic E-state index is -1.02. The van der Waals surface area contributed by atoms with Crippen LogP contribution in [-0.4, -0.2) is 11.1 Å². The first-order valence-corrected chi connectivity index (χ1v) is 4.75. The van der Waals surface area contributed by atoms with Gasteiger partial charge in [0.05, 0.1) is 20.9 Å². The lowest BCUT2D eigenvalue weighted by atomic mass is 10.1. The highest BCUT2D eigenvalue weighted by atomic mass is 79.9. The number of benzene rings is 1. The quantitative estimate of drug-likeness (QED) is 0.592. The first kappa shape index (κ1) is 8.54. The molecule has 0 fully saturated rings. The Kier molecular flexibility index (Phi) is 3.03. The highest BCUT2D eigenvalue weighted by Gasteiger charge is 2.12. The summed E-state index contributed by atoms with van der Waals surface area (Å²) in [4.78, 5) is 11.4. The van der Waals surface area contributed by atoms with E-state index >= 15 is 0 Å². The summed E-state index contributed by atoms with van der Waals surface area (Å²) in [6.45, 7) is 0. The second kappa shape index (κ2) is 4.26. The molecule has 0 spiro atoms. The van der Waals surface area contributed by atoms with Gasteiger partial charge in [0.1, 0.15) is 0 Å².